The van der Waals surface area contributed by atoms with Gasteiger partial charge in [-0.2, -0.15) is 9.78 Å². The van der Waals surface area contributed by atoms with Crippen molar-refractivity contribution in [2.24, 2.45) is 5.10 Å². The number of aromatic nitrogens is 5. The van der Waals surface area contributed by atoms with Crippen LogP contribution >= 0.6 is 11.3 Å². The number of thiophene rings is 1. The van der Waals surface area contributed by atoms with Gasteiger partial charge in [0.1, 0.15) is 5.69 Å². The lowest BCUT2D eigenvalue weighted by atomic mass is 10.2. The van der Waals surface area contributed by atoms with Gasteiger partial charge < -0.3 is 15.2 Å². The molecule has 3 N–H and O–H groups in total. The van der Waals surface area contributed by atoms with Gasteiger partial charge in [-0.15, -0.1) is 16.4 Å². The molecule has 0 aliphatic carbocycles. The van der Waals surface area contributed by atoms with Gasteiger partial charge in [0.2, 0.25) is 11.6 Å². The third-order valence-corrected chi connectivity index (χ3v) is 5.02. The van der Waals surface area contributed by atoms with Crippen molar-refractivity contribution in [3.8, 4) is 27.9 Å². The van der Waals surface area contributed by atoms with Gasteiger partial charge in [0.15, 0.2) is 17.2 Å². The highest BCUT2D eigenvalue weighted by Gasteiger charge is 2.25. The van der Waals surface area contributed by atoms with Crippen LogP contribution in [-0.4, -0.2) is 51.6 Å². The average molecular weight is 440 g/mol. The summed E-state index contributed by atoms with van der Waals surface area (Å²) >= 11 is 1.39. The third kappa shape index (κ3) is 3.81. The van der Waals surface area contributed by atoms with E-state index in [9.17, 15) is 4.79 Å². The molecule has 0 aliphatic heterocycles. The number of rotatable bonds is 7. The quantitative estimate of drug-likeness (QED) is 0.323. The van der Waals surface area contributed by atoms with Crippen LogP contribution in [0.1, 0.15) is 16.1 Å². The summed E-state index contributed by atoms with van der Waals surface area (Å²) in [5, 5.41) is 21.1. The molecule has 1 aromatic carbocycles. The molecule has 0 fully saturated rings. The second-order valence-corrected chi connectivity index (χ2v) is 6.88. The van der Waals surface area contributed by atoms with E-state index in [2.05, 4.69) is 35.8 Å². The number of carbonyl (C=O) groups excluding carboxylic acids is 1. The number of amides is 1. The largest absolute Gasteiger partial charge is 0.493 e. The summed E-state index contributed by atoms with van der Waals surface area (Å²) in [7, 11) is 3.05. The van der Waals surface area contributed by atoms with Crippen LogP contribution in [0.5, 0.6) is 11.5 Å². The Kier molecular flexibility index (Phi) is 5.57. The van der Waals surface area contributed by atoms with Crippen LogP contribution < -0.4 is 20.6 Å². The van der Waals surface area contributed by atoms with E-state index in [0.717, 1.165) is 4.88 Å². The molecule has 12 nitrogen and oxygen atoms in total. The van der Waals surface area contributed by atoms with Gasteiger partial charge in [-0.3, -0.25) is 4.79 Å². The van der Waals surface area contributed by atoms with E-state index in [0.29, 0.717) is 22.8 Å². The van der Waals surface area contributed by atoms with Crippen LogP contribution in [-0.2, 0) is 0 Å². The van der Waals surface area contributed by atoms with Crippen molar-refractivity contribution in [1.82, 2.24) is 30.7 Å². The minimum Gasteiger partial charge on any atom is -0.493 e. The van der Waals surface area contributed by atoms with E-state index in [1.54, 1.807) is 18.2 Å². The van der Waals surface area contributed by atoms with E-state index < -0.39 is 5.91 Å². The van der Waals surface area contributed by atoms with Gasteiger partial charge in [-0.05, 0) is 33.9 Å². The van der Waals surface area contributed by atoms with Crippen LogP contribution in [0, 0.1) is 0 Å². The molecule has 0 radical (unpaired) electrons. The lowest BCUT2D eigenvalue weighted by molar-refractivity contribution is 0.0950. The fraction of sp³-hybridized carbons (Fsp3) is 0.111. The zero-order valence-electron chi connectivity index (χ0n) is 16.3. The van der Waals surface area contributed by atoms with Gasteiger partial charge >= 0.3 is 0 Å². The molecule has 0 aliphatic rings. The Morgan fingerprint density at radius 3 is 2.81 bits per heavy atom. The molecule has 4 rings (SSSR count). The molecule has 0 atom stereocenters. The minimum atomic E-state index is -0.581. The standard InChI is InChI=1S/C18H16N8O4S/c1-28-11-6-3-5-10(15(11)29-2)9-20-22-18(27)13-14(12-7-4-8-31-12)26(25-21-13)17-16(19)23-30-24-17/h3-9H,1-2H3,(H2,19,23)(H,22,27)/b20-9+. The molecule has 0 saturated carbocycles. The van der Waals surface area contributed by atoms with Crippen molar-refractivity contribution >= 4 is 29.3 Å². The first-order chi connectivity index (χ1) is 15.1. The predicted octanol–water partition coefficient (Wildman–Crippen LogP) is 1.74. The van der Waals surface area contributed by atoms with Gasteiger partial charge in [-0.25, -0.2) is 10.1 Å². The second-order valence-electron chi connectivity index (χ2n) is 5.93. The summed E-state index contributed by atoms with van der Waals surface area (Å²) in [4.78, 5) is 13.5. The predicted molar refractivity (Wildman–Crippen MR) is 112 cm³/mol. The maximum absolute atomic E-state index is 12.8. The summed E-state index contributed by atoms with van der Waals surface area (Å²) in [6.45, 7) is 0. The Balaban J connectivity index is 1.64. The maximum Gasteiger partial charge on any atom is 0.294 e. The highest BCUT2D eigenvalue weighted by atomic mass is 32.1. The smallest absolute Gasteiger partial charge is 0.294 e. The highest BCUT2D eigenvalue weighted by Crippen LogP contribution is 2.30. The van der Waals surface area contributed by atoms with Crippen LogP contribution in [0.2, 0.25) is 0 Å². The van der Waals surface area contributed by atoms with Crippen LogP contribution in [0.3, 0.4) is 0 Å². The van der Waals surface area contributed by atoms with Gasteiger partial charge in [0, 0.05) is 5.56 Å². The molecule has 1 amide bonds. The summed E-state index contributed by atoms with van der Waals surface area (Å²) in [5.74, 6) is 0.585. The van der Waals surface area contributed by atoms with E-state index in [4.69, 9.17) is 15.2 Å². The summed E-state index contributed by atoms with van der Waals surface area (Å²) in [6.07, 6.45) is 1.44. The van der Waals surface area contributed by atoms with Gasteiger partial charge in [0.25, 0.3) is 5.91 Å². The van der Waals surface area contributed by atoms with Crippen LogP contribution in [0.4, 0.5) is 5.82 Å². The lowest BCUT2D eigenvalue weighted by Gasteiger charge is -2.09. The SMILES string of the molecule is COc1cccc(/C=N/NC(=O)c2nnn(-c3nonc3N)c2-c2cccs2)c1OC. The van der Waals surface area contributed by atoms with E-state index in [1.807, 2.05) is 17.5 Å². The average Bonchev–Trinajstić information content (AvgIpc) is 3.53. The number of hydrogen-bond acceptors (Lipinski definition) is 11. The number of benzene rings is 1. The Hall–Kier alpha value is -4.26. The maximum atomic E-state index is 12.8. The minimum absolute atomic E-state index is 0.0119. The first kappa shape index (κ1) is 20.0. The topological polar surface area (TPSA) is 156 Å². The van der Waals surface area contributed by atoms with E-state index in [1.165, 1.54) is 36.5 Å². The lowest BCUT2D eigenvalue weighted by Crippen LogP contribution is -2.19. The number of nitrogens with one attached hydrogen (secondary N) is 1. The molecule has 13 heteroatoms. The Morgan fingerprint density at radius 2 is 2.13 bits per heavy atom. The number of nitrogens with zero attached hydrogens (tertiary/aromatic N) is 6. The Labute approximate surface area is 179 Å². The van der Waals surface area contributed by atoms with Crippen LogP contribution in [0.25, 0.3) is 16.4 Å². The number of hydrogen-bond donors (Lipinski definition) is 2. The molecular formula is C18H16N8O4S. The van der Waals surface area contributed by atoms with Gasteiger partial charge in [-0.1, -0.05) is 17.3 Å². The molecule has 0 bridgehead atoms. The summed E-state index contributed by atoms with van der Waals surface area (Å²) < 4.78 is 16.5. The van der Waals surface area contributed by atoms with Crippen molar-refractivity contribution in [3.63, 3.8) is 0 Å². The number of anilines is 1. The zero-order chi connectivity index (χ0) is 21.8. The number of methoxy groups -OCH3 is 2. The molecule has 3 aromatic heterocycles. The second kappa shape index (κ2) is 8.62. The number of nitrogen functional groups attached to an aromatic ring is 1. The number of para-hydroxylation sites is 1. The molecule has 4 aromatic rings. The fourth-order valence-electron chi connectivity index (χ4n) is 2.78. The monoisotopic (exact) mass is 440 g/mol. The fourth-order valence-corrected chi connectivity index (χ4v) is 3.54. The molecule has 0 saturated heterocycles. The van der Waals surface area contributed by atoms with Gasteiger partial charge in [0.05, 0.1) is 25.3 Å². The van der Waals surface area contributed by atoms with E-state index >= 15 is 0 Å². The summed E-state index contributed by atoms with van der Waals surface area (Å²) in [5.41, 5.74) is 9.24. The summed E-state index contributed by atoms with van der Waals surface area (Å²) in [6, 6.07) is 8.94. The molecular weight excluding hydrogens is 424 g/mol. The molecule has 0 spiro atoms. The molecule has 0 unspecified atom stereocenters. The van der Waals surface area contributed by atoms with E-state index in [-0.39, 0.29) is 17.3 Å². The molecule has 158 valence electrons. The number of nitrogens with two attached hydrogens (primary N) is 1. The van der Waals surface area contributed by atoms with Crippen molar-refractivity contribution in [1.29, 1.82) is 0 Å². The van der Waals surface area contributed by atoms with Crippen LogP contribution in [0.15, 0.2) is 45.4 Å². The first-order valence-corrected chi connectivity index (χ1v) is 9.64. The van der Waals surface area contributed by atoms with Crippen molar-refractivity contribution in [3.05, 3.63) is 47.0 Å². The number of carbonyl (C=O) groups is 1. The van der Waals surface area contributed by atoms with Crippen molar-refractivity contribution < 1.29 is 18.9 Å². The first-order valence-electron chi connectivity index (χ1n) is 8.76. The normalized spacial score (nSPS) is 11.0. The number of hydrazone groups is 1. The highest BCUT2D eigenvalue weighted by molar-refractivity contribution is 7.13. The Morgan fingerprint density at radius 1 is 1.26 bits per heavy atom. The molecule has 31 heavy (non-hydrogen) atoms. The Bertz CT molecular complexity index is 1230. The number of ether oxygens (including phenoxy) is 2. The molecule has 3 heterocycles. The zero-order valence-corrected chi connectivity index (χ0v) is 17.2. The third-order valence-electron chi connectivity index (χ3n) is 4.14. The van der Waals surface area contributed by atoms with Crippen molar-refractivity contribution in [2.45, 2.75) is 0 Å². The van der Waals surface area contributed by atoms with Crippen molar-refractivity contribution in [2.75, 3.05) is 20.0 Å².